The first-order valence-electron chi connectivity index (χ1n) is 6.08. The van der Waals surface area contributed by atoms with E-state index in [9.17, 15) is 26.7 Å². The van der Waals surface area contributed by atoms with Gasteiger partial charge >= 0.3 is 18.0 Å². The second-order valence-electron chi connectivity index (χ2n) is 4.27. The minimum atomic E-state index is -5.92. The third-order valence-electron chi connectivity index (χ3n) is 2.68. The summed E-state index contributed by atoms with van der Waals surface area (Å²) in [4.78, 5) is 11.1. The van der Waals surface area contributed by atoms with Gasteiger partial charge in [0.2, 0.25) is 0 Å². The number of hydrogen-bond donors (Lipinski definition) is 1. The van der Waals surface area contributed by atoms with Crippen LogP contribution in [0.1, 0.15) is 25.5 Å². The summed E-state index contributed by atoms with van der Waals surface area (Å²) in [6.07, 6.45) is -5.92. The van der Waals surface area contributed by atoms with Crippen LogP contribution in [0.3, 0.4) is 0 Å². The monoisotopic (exact) mass is 311 g/mol. The SMILES string of the molecule is CCOc1ccc(C(C)NC(=O)C(F)(F)C(F)(F)F)cc1. The van der Waals surface area contributed by atoms with Gasteiger partial charge in [0.1, 0.15) is 5.75 Å². The molecular formula is C13H14F5NO2. The Hall–Kier alpha value is -1.86. The van der Waals surface area contributed by atoms with Crippen molar-refractivity contribution in [3.63, 3.8) is 0 Å². The number of hydrogen-bond acceptors (Lipinski definition) is 2. The molecule has 0 bridgehead atoms. The third kappa shape index (κ3) is 4.05. The number of halogens is 5. The van der Waals surface area contributed by atoms with Gasteiger partial charge in [0.05, 0.1) is 12.6 Å². The van der Waals surface area contributed by atoms with E-state index in [1.165, 1.54) is 31.2 Å². The summed E-state index contributed by atoms with van der Waals surface area (Å²) in [6, 6.07) is 5.01. The van der Waals surface area contributed by atoms with Gasteiger partial charge in [0, 0.05) is 0 Å². The Bertz CT molecular complexity index is 484. The molecular weight excluding hydrogens is 297 g/mol. The summed E-state index contributed by atoms with van der Waals surface area (Å²) in [7, 11) is 0. The molecule has 0 saturated carbocycles. The average Bonchev–Trinajstić information content (AvgIpc) is 2.38. The molecule has 1 aromatic rings. The van der Waals surface area contributed by atoms with Crippen LogP contribution in [-0.4, -0.2) is 24.6 Å². The van der Waals surface area contributed by atoms with Gasteiger partial charge in [-0.2, -0.15) is 22.0 Å². The van der Waals surface area contributed by atoms with Crippen molar-refractivity contribution in [3.8, 4) is 5.75 Å². The summed E-state index contributed by atoms with van der Waals surface area (Å²) in [6.45, 7) is 3.51. The van der Waals surface area contributed by atoms with Crippen molar-refractivity contribution in [1.82, 2.24) is 5.32 Å². The molecule has 0 aromatic heterocycles. The predicted molar refractivity (Wildman–Crippen MR) is 65.2 cm³/mol. The van der Waals surface area contributed by atoms with E-state index in [4.69, 9.17) is 4.74 Å². The molecule has 8 heteroatoms. The molecule has 1 aromatic carbocycles. The van der Waals surface area contributed by atoms with Gasteiger partial charge in [-0.25, -0.2) is 0 Å². The highest BCUT2D eigenvalue weighted by molar-refractivity contribution is 5.84. The first-order valence-corrected chi connectivity index (χ1v) is 6.08. The van der Waals surface area contributed by atoms with Crippen LogP contribution in [0.25, 0.3) is 0 Å². The van der Waals surface area contributed by atoms with Gasteiger partial charge in [-0.05, 0) is 31.5 Å². The molecule has 0 aliphatic carbocycles. The van der Waals surface area contributed by atoms with Gasteiger partial charge in [0.15, 0.2) is 0 Å². The highest BCUT2D eigenvalue weighted by Crippen LogP contribution is 2.36. The van der Waals surface area contributed by atoms with Crippen molar-refractivity contribution in [1.29, 1.82) is 0 Å². The molecule has 0 fully saturated rings. The van der Waals surface area contributed by atoms with Crippen LogP contribution in [0, 0.1) is 0 Å². The molecule has 1 unspecified atom stereocenters. The van der Waals surface area contributed by atoms with Crippen molar-refractivity contribution in [2.24, 2.45) is 0 Å². The first kappa shape index (κ1) is 17.2. The molecule has 1 atom stereocenters. The van der Waals surface area contributed by atoms with E-state index in [2.05, 4.69) is 0 Å². The van der Waals surface area contributed by atoms with E-state index in [1.54, 1.807) is 12.2 Å². The van der Waals surface area contributed by atoms with Crippen LogP contribution in [0.2, 0.25) is 0 Å². The zero-order valence-corrected chi connectivity index (χ0v) is 11.3. The third-order valence-corrected chi connectivity index (χ3v) is 2.68. The number of benzene rings is 1. The molecule has 1 amide bonds. The molecule has 21 heavy (non-hydrogen) atoms. The van der Waals surface area contributed by atoms with E-state index < -0.39 is 24.0 Å². The van der Waals surface area contributed by atoms with Crippen LogP contribution < -0.4 is 10.1 Å². The van der Waals surface area contributed by atoms with E-state index >= 15 is 0 Å². The van der Waals surface area contributed by atoms with Crippen molar-refractivity contribution < 1.29 is 31.5 Å². The van der Waals surface area contributed by atoms with Crippen molar-refractivity contribution in [2.75, 3.05) is 6.61 Å². The zero-order chi connectivity index (χ0) is 16.3. The molecule has 0 radical (unpaired) electrons. The predicted octanol–water partition coefficient (Wildman–Crippen LogP) is 3.46. The second-order valence-corrected chi connectivity index (χ2v) is 4.27. The lowest BCUT2D eigenvalue weighted by atomic mass is 10.1. The molecule has 0 heterocycles. The van der Waals surface area contributed by atoms with Crippen LogP contribution in [-0.2, 0) is 4.79 Å². The second kappa shape index (κ2) is 6.28. The highest BCUT2D eigenvalue weighted by Gasteiger charge is 2.63. The Morgan fingerprint density at radius 3 is 2.14 bits per heavy atom. The summed E-state index contributed by atoms with van der Waals surface area (Å²) < 4.78 is 66.9. The average molecular weight is 311 g/mol. The Morgan fingerprint density at radius 1 is 1.19 bits per heavy atom. The Kier molecular flexibility index (Phi) is 5.14. The van der Waals surface area contributed by atoms with Gasteiger partial charge < -0.3 is 10.1 Å². The molecule has 0 saturated heterocycles. The van der Waals surface area contributed by atoms with Crippen LogP contribution in [0.4, 0.5) is 22.0 Å². The smallest absolute Gasteiger partial charge is 0.463 e. The van der Waals surface area contributed by atoms with Crippen molar-refractivity contribution in [2.45, 2.75) is 32.0 Å². The van der Waals surface area contributed by atoms with E-state index in [1.807, 2.05) is 0 Å². The summed E-state index contributed by atoms with van der Waals surface area (Å²) in [5.74, 6) is -7.27. The summed E-state index contributed by atoms with van der Waals surface area (Å²) >= 11 is 0. The molecule has 118 valence electrons. The first-order chi connectivity index (χ1) is 9.59. The lowest BCUT2D eigenvalue weighted by Gasteiger charge is -2.22. The minimum Gasteiger partial charge on any atom is -0.494 e. The fourth-order valence-corrected chi connectivity index (χ4v) is 1.52. The van der Waals surface area contributed by atoms with E-state index in [0.29, 0.717) is 17.9 Å². The van der Waals surface area contributed by atoms with Gasteiger partial charge in [0.25, 0.3) is 0 Å². The molecule has 0 aliphatic heterocycles. The number of amides is 1. The number of ether oxygens (including phenoxy) is 1. The van der Waals surface area contributed by atoms with E-state index in [-0.39, 0.29) is 0 Å². The molecule has 1 rings (SSSR count). The normalized spacial score (nSPS) is 13.7. The molecule has 3 nitrogen and oxygen atoms in total. The maximum Gasteiger partial charge on any atom is 0.463 e. The molecule has 1 N–H and O–H groups in total. The molecule has 0 aliphatic rings. The standard InChI is InChI=1S/C13H14F5NO2/c1-3-21-10-6-4-9(5-7-10)8(2)19-11(20)12(14,15)13(16,17)18/h4-8H,3H2,1-2H3,(H,19,20). The highest BCUT2D eigenvalue weighted by atomic mass is 19.4. The fraction of sp³-hybridized carbons (Fsp3) is 0.462. The number of rotatable bonds is 5. The summed E-state index contributed by atoms with van der Waals surface area (Å²) in [5.41, 5.74) is 0.379. The quantitative estimate of drug-likeness (QED) is 0.846. The Morgan fingerprint density at radius 2 is 1.71 bits per heavy atom. The Balaban J connectivity index is 2.77. The van der Waals surface area contributed by atoms with Crippen molar-refractivity contribution >= 4 is 5.91 Å². The van der Waals surface area contributed by atoms with Crippen LogP contribution >= 0.6 is 0 Å². The fourth-order valence-electron chi connectivity index (χ4n) is 1.52. The topological polar surface area (TPSA) is 38.3 Å². The Labute approximate surface area is 118 Å². The summed E-state index contributed by atoms with van der Waals surface area (Å²) in [5, 5.41) is 1.64. The van der Waals surface area contributed by atoms with E-state index in [0.717, 1.165) is 0 Å². The lowest BCUT2D eigenvalue weighted by molar-refractivity contribution is -0.270. The van der Waals surface area contributed by atoms with Crippen LogP contribution in [0.5, 0.6) is 5.75 Å². The lowest BCUT2D eigenvalue weighted by Crippen LogP contribution is -2.50. The minimum absolute atomic E-state index is 0.379. The number of carbonyl (C=O) groups excluding carboxylic acids is 1. The molecule has 0 spiro atoms. The van der Waals surface area contributed by atoms with Gasteiger partial charge in [-0.1, -0.05) is 12.1 Å². The number of alkyl halides is 5. The van der Waals surface area contributed by atoms with Crippen molar-refractivity contribution in [3.05, 3.63) is 29.8 Å². The van der Waals surface area contributed by atoms with Gasteiger partial charge in [-0.3, -0.25) is 4.79 Å². The number of nitrogens with one attached hydrogen (secondary N) is 1. The number of carbonyl (C=O) groups is 1. The largest absolute Gasteiger partial charge is 0.494 e. The maximum absolute atomic E-state index is 12.8. The maximum atomic E-state index is 12.8. The zero-order valence-electron chi connectivity index (χ0n) is 11.3. The van der Waals surface area contributed by atoms with Gasteiger partial charge in [-0.15, -0.1) is 0 Å². The van der Waals surface area contributed by atoms with Crippen LogP contribution in [0.15, 0.2) is 24.3 Å².